The summed E-state index contributed by atoms with van der Waals surface area (Å²) in [5.41, 5.74) is 5.17. The molecule has 1 saturated carbocycles. The molecule has 4 heteroatoms. The van der Waals surface area contributed by atoms with Crippen LogP contribution in [0.3, 0.4) is 0 Å². The van der Waals surface area contributed by atoms with Crippen LogP contribution in [0, 0.1) is 11.8 Å². The standard InChI is InChI=1S/C14H26N2O2/c1-10-5-6-14(13(15)17,11(2)8-10)16-9-12-4-3-7-18-12/h10-12,16H,3-9H2,1-2H3,(H2,15,17). The molecule has 3 N–H and O–H groups in total. The number of primary amides is 1. The smallest absolute Gasteiger partial charge is 0.238 e. The van der Waals surface area contributed by atoms with Crippen molar-refractivity contribution in [1.29, 1.82) is 0 Å². The largest absolute Gasteiger partial charge is 0.377 e. The van der Waals surface area contributed by atoms with Crippen LogP contribution < -0.4 is 11.1 Å². The predicted octanol–water partition coefficient (Wildman–Crippen LogP) is 1.44. The van der Waals surface area contributed by atoms with Gasteiger partial charge in [0.2, 0.25) is 5.91 Å². The van der Waals surface area contributed by atoms with E-state index in [2.05, 4.69) is 19.2 Å². The molecule has 0 aromatic rings. The Hall–Kier alpha value is -0.610. The molecule has 1 aliphatic carbocycles. The summed E-state index contributed by atoms with van der Waals surface area (Å²) in [5, 5.41) is 3.45. The molecule has 0 radical (unpaired) electrons. The highest BCUT2D eigenvalue weighted by atomic mass is 16.5. The maximum Gasteiger partial charge on any atom is 0.238 e. The summed E-state index contributed by atoms with van der Waals surface area (Å²) in [5.74, 6) is 0.803. The lowest BCUT2D eigenvalue weighted by atomic mass is 9.69. The zero-order valence-corrected chi connectivity index (χ0v) is 11.6. The summed E-state index contributed by atoms with van der Waals surface area (Å²) in [6.45, 7) is 5.99. The highest BCUT2D eigenvalue weighted by molar-refractivity contribution is 5.85. The van der Waals surface area contributed by atoms with Crippen LogP contribution in [0.5, 0.6) is 0 Å². The first-order chi connectivity index (χ1) is 8.54. The van der Waals surface area contributed by atoms with E-state index in [0.29, 0.717) is 11.8 Å². The third kappa shape index (κ3) is 2.69. The highest BCUT2D eigenvalue weighted by Gasteiger charge is 2.45. The second kappa shape index (κ2) is 5.57. The van der Waals surface area contributed by atoms with Crippen LogP contribution in [0.15, 0.2) is 0 Å². The van der Waals surface area contributed by atoms with E-state index >= 15 is 0 Å². The van der Waals surface area contributed by atoms with E-state index in [4.69, 9.17) is 10.5 Å². The van der Waals surface area contributed by atoms with Gasteiger partial charge in [0.1, 0.15) is 5.54 Å². The minimum atomic E-state index is -0.515. The number of hydrogen-bond donors (Lipinski definition) is 2. The molecule has 1 aliphatic heterocycles. The lowest BCUT2D eigenvalue weighted by Gasteiger charge is -2.43. The Morgan fingerprint density at radius 1 is 1.44 bits per heavy atom. The molecule has 2 aliphatic rings. The molecular weight excluding hydrogens is 228 g/mol. The van der Waals surface area contributed by atoms with Crippen molar-refractivity contribution in [3.05, 3.63) is 0 Å². The van der Waals surface area contributed by atoms with Gasteiger partial charge in [-0.1, -0.05) is 13.8 Å². The Bertz CT molecular complexity index is 302. The van der Waals surface area contributed by atoms with Gasteiger partial charge in [-0.3, -0.25) is 4.79 Å². The van der Waals surface area contributed by atoms with Crippen LogP contribution in [-0.4, -0.2) is 30.7 Å². The molecule has 4 unspecified atom stereocenters. The first-order valence-electron chi connectivity index (χ1n) is 7.21. The van der Waals surface area contributed by atoms with Crippen molar-refractivity contribution in [1.82, 2.24) is 5.32 Å². The summed E-state index contributed by atoms with van der Waals surface area (Å²) in [6, 6.07) is 0. The third-order valence-corrected chi connectivity index (χ3v) is 4.74. The summed E-state index contributed by atoms with van der Waals surface area (Å²) in [7, 11) is 0. The molecule has 104 valence electrons. The summed E-state index contributed by atoms with van der Waals surface area (Å²) < 4.78 is 5.61. The van der Waals surface area contributed by atoms with Gasteiger partial charge in [0.25, 0.3) is 0 Å². The van der Waals surface area contributed by atoms with Gasteiger partial charge in [-0.05, 0) is 43.9 Å². The zero-order chi connectivity index (χ0) is 13.2. The Labute approximate surface area is 110 Å². The SMILES string of the molecule is CC1CCC(NCC2CCCO2)(C(N)=O)C(C)C1. The number of hydrogen-bond acceptors (Lipinski definition) is 3. The Kier molecular flexibility index (Phi) is 4.28. The van der Waals surface area contributed by atoms with E-state index in [1.807, 2.05) is 0 Å². The molecule has 0 aromatic heterocycles. The van der Waals surface area contributed by atoms with Crippen LogP contribution in [0.1, 0.15) is 46.0 Å². The minimum Gasteiger partial charge on any atom is -0.377 e. The van der Waals surface area contributed by atoms with Crippen LogP contribution in [0.4, 0.5) is 0 Å². The van der Waals surface area contributed by atoms with Crippen molar-refractivity contribution in [3.8, 4) is 0 Å². The first-order valence-corrected chi connectivity index (χ1v) is 7.21. The van der Waals surface area contributed by atoms with Crippen molar-refractivity contribution < 1.29 is 9.53 Å². The van der Waals surface area contributed by atoms with Crippen LogP contribution in [0.25, 0.3) is 0 Å². The number of ether oxygens (including phenoxy) is 1. The van der Waals surface area contributed by atoms with Crippen LogP contribution in [-0.2, 0) is 9.53 Å². The average Bonchev–Trinajstić information content (AvgIpc) is 2.81. The molecule has 2 rings (SSSR count). The maximum atomic E-state index is 11.9. The summed E-state index contributed by atoms with van der Waals surface area (Å²) in [4.78, 5) is 11.9. The Morgan fingerprint density at radius 3 is 2.78 bits per heavy atom. The molecule has 2 fully saturated rings. The predicted molar refractivity (Wildman–Crippen MR) is 71.1 cm³/mol. The van der Waals surface area contributed by atoms with Crippen LogP contribution >= 0.6 is 0 Å². The molecule has 1 heterocycles. The molecule has 1 amide bonds. The second-order valence-electron chi connectivity index (χ2n) is 6.13. The topological polar surface area (TPSA) is 64.3 Å². The van der Waals surface area contributed by atoms with Gasteiger partial charge in [0.05, 0.1) is 6.10 Å². The number of nitrogens with two attached hydrogens (primary N) is 1. The van der Waals surface area contributed by atoms with E-state index in [9.17, 15) is 4.79 Å². The fraction of sp³-hybridized carbons (Fsp3) is 0.929. The van der Waals surface area contributed by atoms with Gasteiger partial charge in [-0.25, -0.2) is 0 Å². The van der Waals surface area contributed by atoms with E-state index < -0.39 is 5.54 Å². The minimum absolute atomic E-state index is 0.195. The molecule has 1 saturated heterocycles. The Balaban J connectivity index is 1.99. The van der Waals surface area contributed by atoms with E-state index in [1.54, 1.807) is 0 Å². The lowest BCUT2D eigenvalue weighted by molar-refractivity contribution is -0.128. The number of carbonyl (C=O) groups excluding carboxylic acids is 1. The van der Waals surface area contributed by atoms with Gasteiger partial charge in [-0.15, -0.1) is 0 Å². The first kappa shape index (κ1) is 13.8. The van der Waals surface area contributed by atoms with Gasteiger partial charge in [0, 0.05) is 13.2 Å². The molecule has 0 bridgehead atoms. The van der Waals surface area contributed by atoms with Gasteiger partial charge >= 0.3 is 0 Å². The van der Waals surface area contributed by atoms with Crippen molar-refractivity contribution in [3.63, 3.8) is 0 Å². The van der Waals surface area contributed by atoms with Gasteiger partial charge < -0.3 is 15.8 Å². The monoisotopic (exact) mass is 254 g/mol. The molecule has 0 spiro atoms. The van der Waals surface area contributed by atoms with Crippen molar-refractivity contribution >= 4 is 5.91 Å². The van der Waals surface area contributed by atoms with Gasteiger partial charge in [-0.2, -0.15) is 0 Å². The number of amides is 1. The Morgan fingerprint density at radius 2 is 2.22 bits per heavy atom. The van der Waals surface area contributed by atoms with E-state index in [0.717, 1.165) is 45.3 Å². The van der Waals surface area contributed by atoms with E-state index in [1.165, 1.54) is 0 Å². The normalized spacial score (nSPS) is 40.9. The van der Waals surface area contributed by atoms with Crippen molar-refractivity contribution in [2.24, 2.45) is 17.6 Å². The molecule has 18 heavy (non-hydrogen) atoms. The molecule has 4 nitrogen and oxygen atoms in total. The van der Waals surface area contributed by atoms with Crippen LogP contribution in [0.2, 0.25) is 0 Å². The summed E-state index contributed by atoms with van der Waals surface area (Å²) in [6.07, 6.45) is 5.48. The lowest BCUT2D eigenvalue weighted by Crippen LogP contribution is -2.62. The highest BCUT2D eigenvalue weighted by Crippen LogP contribution is 2.36. The maximum absolute atomic E-state index is 11.9. The quantitative estimate of drug-likeness (QED) is 0.798. The molecular formula is C14H26N2O2. The molecule has 4 atom stereocenters. The number of rotatable bonds is 4. The third-order valence-electron chi connectivity index (χ3n) is 4.74. The van der Waals surface area contributed by atoms with Gasteiger partial charge in [0.15, 0.2) is 0 Å². The zero-order valence-electron chi connectivity index (χ0n) is 11.6. The number of carbonyl (C=O) groups is 1. The fourth-order valence-electron chi connectivity index (χ4n) is 3.46. The van der Waals surface area contributed by atoms with Crippen molar-refractivity contribution in [2.75, 3.05) is 13.2 Å². The van der Waals surface area contributed by atoms with E-state index in [-0.39, 0.29) is 12.0 Å². The van der Waals surface area contributed by atoms with Crippen molar-refractivity contribution in [2.45, 2.75) is 57.6 Å². The second-order valence-corrected chi connectivity index (χ2v) is 6.13. The number of nitrogens with one attached hydrogen (secondary N) is 1. The average molecular weight is 254 g/mol. The summed E-state index contributed by atoms with van der Waals surface area (Å²) >= 11 is 0. The fourth-order valence-corrected chi connectivity index (χ4v) is 3.46. The molecule has 0 aromatic carbocycles.